The minimum Gasteiger partial charge on any atom is -0.381 e. The SMILES string of the molecule is CC(CCN)C(=O)N(C)CCC1CCOCC1. The molecule has 1 aliphatic rings. The highest BCUT2D eigenvalue weighted by atomic mass is 16.5. The Balaban J connectivity index is 2.23. The first-order valence-corrected chi connectivity index (χ1v) is 6.68. The smallest absolute Gasteiger partial charge is 0.225 e. The molecule has 0 aromatic carbocycles. The zero-order chi connectivity index (χ0) is 12.7. The second-order valence-electron chi connectivity index (χ2n) is 5.08. The van der Waals surface area contributed by atoms with E-state index in [4.69, 9.17) is 10.5 Å². The van der Waals surface area contributed by atoms with Crippen LogP contribution in [-0.2, 0) is 9.53 Å². The fourth-order valence-corrected chi connectivity index (χ4v) is 2.27. The molecular weight excluding hydrogens is 216 g/mol. The first-order chi connectivity index (χ1) is 8.15. The third-order valence-electron chi connectivity index (χ3n) is 3.61. The molecule has 100 valence electrons. The molecule has 0 aromatic heterocycles. The summed E-state index contributed by atoms with van der Waals surface area (Å²) >= 11 is 0. The van der Waals surface area contributed by atoms with Gasteiger partial charge < -0.3 is 15.4 Å². The maximum Gasteiger partial charge on any atom is 0.225 e. The molecule has 17 heavy (non-hydrogen) atoms. The molecule has 1 unspecified atom stereocenters. The van der Waals surface area contributed by atoms with Crippen molar-refractivity contribution < 1.29 is 9.53 Å². The summed E-state index contributed by atoms with van der Waals surface area (Å²) in [5.74, 6) is 1.01. The van der Waals surface area contributed by atoms with Crippen molar-refractivity contribution in [2.24, 2.45) is 17.6 Å². The molecule has 1 amide bonds. The molecule has 0 aromatic rings. The molecule has 1 rings (SSSR count). The van der Waals surface area contributed by atoms with E-state index in [1.807, 2.05) is 18.9 Å². The van der Waals surface area contributed by atoms with E-state index >= 15 is 0 Å². The molecular formula is C13H26N2O2. The Bertz CT molecular complexity index is 227. The number of hydrogen-bond donors (Lipinski definition) is 1. The van der Waals surface area contributed by atoms with Gasteiger partial charge in [0.25, 0.3) is 0 Å². The number of nitrogens with zero attached hydrogens (tertiary/aromatic N) is 1. The standard InChI is InChI=1S/C13H26N2O2/c1-11(3-7-14)13(16)15(2)8-4-12-5-9-17-10-6-12/h11-12H,3-10,14H2,1-2H3. The third-order valence-corrected chi connectivity index (χ3v) is 3.61. The summed E-state index contributed by atoms with van der Waals surface area (Å²) in [6, 6.07) is 0. The van der Waals surface area contributed by atoms with Crippen molar-refractivity contribution in [1.29, 1.82) is 0 Å². The Morgan fingerprint density at radius 3 is 2.71 bits per heavy atom. The summed E-state index contributed by atoms with van der Waals surface area (Å²) in [6.45, 7) is 5.16. The van der Waals surface area contributed by atoms with Gasteiger partial charge in [-0.25, -0.2) is 0 Å². The molecule has 0 aliphatic carbocycles. The highest BCUT2D eigenvalue weighted by Crippen LogP contribution is 2.19. The predicted octanol–water partition coefficient (Wildman–Crippen LogP) is 1.25. The lowest BCUT2D eigenvalue weighted by Gasteiger charge is -2.26. The van der Waals surface area contributed by atoms with Crippen molar-refractivity contribution in [1.82, 2.24) is 4.90 Å². The fourth-order valence-electron chi connectivity index (χ4n) is 2.27. The number of amides is 1. The molecule has 0 radical (unpaired) electrons. The Labute approximate surface area is 104 Å². The van der Waals surface area contributed by atoms with Gasteiger partial charge in [-0.15, -0.1) is 0 Å². The van der Waals surface area contributed by atoms with Gasteiger partial charge in [-0.1, -0.05) is 6.92 Å². The zero-order valence-electron chi connectivity index (χ0n) is 11.2. The third kappa shape index (κ3) is 5.04. The molecule has 1 aliphatic heterocycles. The summed E-state index contributed by atoms with van der Waals surface area (Å²) in [4.78, 5) is 13.8. The van der Waals surface area contributed by atoms with Gasteiger partial charge in [0, 0.05) is 32.7 Å². The molecule has 1 heterocycles. The summed E-state index contributed by atoms with van der Waals surface area (Å²) in [7, 11) is 1.90. The number of carbonyl (C=O) groups is 1. The van der Waals surface area contributed by atoms with E-state index in [0.717, 1.165) is 51.4 Å². The van der Waals surface area contributed by atoms with Crippen molar-refractivity contribution in [2.75, 3.05) is 33.4 Å². The Hall–Kier alpha value is -0.610. The number of hydrogen-bond acceptors (Lipinski definition) is 3. The van der Waals surface area contributed by atoms with Gasteiger partial charge >= 0.3 is 0 Å². The number of rotatable bonds is 6. The fraction of sp³-hybridized carbons (Fsp3) is 0.923. The van der Waals surface area contributed by atoms with Gasteiger partial charge in [0.15, 0.2) is 0 Å². The lowest BCUT2D eigenvalue weighted by Crippen LogP contribution is -2.34. The molecule has 0 bridgehead atoms. The molecule has 0 saturated carbocycles. The minimum absolute atomic E-state index is 0.0553. The highest BCUT2D eigenvalue weighted by Gasteiger charge is 2.19. The van der Waals surface area contributed by atoms with Gasteiger partial charge in [0.1, 0.15) is 0 Å². The second-order valence-corrected chi connectivity index (χ2v) is 5.08. The number of ether oxygens (including phenoxy) is 1. The van der Waals surface area contributed by atoms with Gasteiger partial charge in [-0.05, 0) is 38.1 Å². The largest absolute Gasteiger partial charge is 0.381 e. The van der Waals surface area contributed by atoms with E-state index in [1.54, 1.807) is 0 Å². The van der Waals surface area contributed by atoms with Crippen LogP contribution in [-0.4, -0.2) is 44.2 Å². The van der Waals surface area contributed by atoms with Crippen molar-refractivity contribution in [3.8, 4) is 0 Å². The molecule has 1 atom stereocenters. The summed E-state index contributed by atoms with van der Waals surface area (Å²) in [5, 5.41) is 0. The lowest BCUT2D eigenvalue weighted by molar-refractivity contribution is -0.134. The Morgan fingerprint density at radius 2 is 2.12 bits per heavy atom. The first kappa shape index (κ1) is 14.5. The van der Waals surface area contributed by atoms with Crippen LogP contribution in [0.3, 0.4) is 0 Å². The van der Waals surface area contributed by atoms with Crippen LogP contribution in [0.25, 0.3) is 0 Å². The van der Waals surface area contributed by atoms with Crippen LogP contribution in [0.1, 0.15) is 32.6 Å². The Kier molecular flexibility index (Phi) is 6.52. The summed E-state index contributed by atoms with van der Waals surface area (Å²) in [6.07, 6.45) is 4.15. The van der Waals surface area contributed by atoms with Gasteiger partial charge in [0.05, 0.1) is 0 Å². The molecule has 4 heteroatoms. The van der Waals surface area contributed by atoms with Gasteiger partial charge in [0.2, 0.25) is 5.91 Å². The normalized spacial score (nSPS) is 19.0. The van der Waals surface area contributed by atoms with Crippen LogP contribution in [0.4, 0.5) is 0 Å². The number of carbonyl (C=O) groups excluding carboxylic acids is 1. The zero-order valence-corrected chi connectivity index (χ0v) is 11.2. The molecule has 0 spiro atoms. The maximum atomic E-state index is 12.0. The molecule has 2 N–H and O–H groups in total. The van der Waals surface area contributed by atoms with E-state index in [1.165, 1.54) is 0 Å². The summed E-state index contributed by atoms with van der Waals surface area (Å²) in [5.41, 5.74) is 5.47. The van der Waals surface area contributed by atoms with Crippen LogP contribution >= 0.6 is 0 Å². The van der Waals surface area contributed by atoms with E-state index in [-0.39, 0.29) is 11.8 Å². The van der Waals surface area contributed by atoms with Crippen molar-refractivity contribution in [3.63, 3.8) is 0 Å². The van der Waals surface area contributed by atoms with Crippen molar-refractivity contribution in [2.45, 2.75) is 32.6 Å². The first-order valence-electron chi connectivity index (χ1n) is 6.68. The van der Waals surface area contributed by atoms with Crippen LogP contribution in [0.15, 0.2) is 0 Å². The lowest BCUT2D eigenvalue weighted by atomic mass is 9.96. The van der Waals surface area contributed by atoms with Crippen LogP contribution in [0.5, 0.6) is 0 Å². The van der Waals surface area contributed by atoms with Crippen LogP contribution in [0, 0.1) is 11.8 Å². The molecule has 4 nitrogen and oxygen atoms in total. The Morgan fingerprint density at radius 1 is 1.47 bits per heavy atom. The highest BCUT2D eigenvalue weighted by molar-refractivity contribution is 5.78. The minimum atomic E-state index is 0.0553. The average molecular weight is 242 g/mol. The second kappa shape index (κ2) is 7.67. The van der Waals surface area contributed by atoms with Crippen LogP contribution in [0.2, 0.25) is 0 Å². The number of nitrogens with two attached hydrogens (primary N) is 1. The average Bonchev–Trinajstić information content (AvgIpc) is 2.36. The molecule has 1 saturated heterocycles. The monoisotopic (exact) mass is 242 g/mol. The predicted molar refractivity (Wildman–Crippen MR) is 68.6 cm³/mol. The van der Waals surface area contributed by atoms with Gasteiger partial charge in [-0.3, -0.25) is 4.79 Å². The van der Waals surface area contributed by atoms with Gasteiger partial charge in [-0.2, -0.15) is 0 Å². The van der Waals surface area contributed by atoms with E-state index in [0.29, 0.717) is 6.54 Å². The van der Waals surface area contributed by atoms with Crippen molar-refractivity contribution in [3.05, 3.63) is 0 Å². The summed E-state index contributed by atoms with van der Waals surface area (Å²) < 4.78 is 5.33. The quantitative estimate of drug-likeness (QED) is 0.762. The van der Waals surface area contributed by atoms with E-state index in [2.05, 4.69) is 0 Å². The molecule has 1 fully saturated rings. The van der Waals surface area contributed by atoms with E-state index in [9.17, 15) is 4.79 Å². The van der Waals surface area contributed by atoms with E-state index < -0.39 is 0 Å². The van der Waals surface area contributed by atoms with Crippen LogP contribution < -0.4 is 5.73 Å². The maximum absolute atomic E-state index is 12.0. The topological polar surface area (TPSA) is 55.6 Å². The van der Waals surface area contributed by atoms with Crippen molar-refractivity contribution >= 4 is 5.91 Å².